The summed E-state index contributed by atoms with van der Waals surface area (Å²) in [5.41, 5.74) is 1.35. The average molecular weight is 385 g/mol. The number of amides is 1. The molecule has 0 aliphatic carbocycles. The highest BCUT2D eigenvalue weighted by molar-refractivity contribution is 9.10. The van der Waals surface area contributed by atoms with E-state index in [1.165, 1.54) is 4.90 Å². The highest BCUT2D eigenvalue weighted by atomic mass is 79.9. The van der Waals surface area contributed by atoms with Crippen LogP contribution in [-0.4, -0.2) is 26.6 Å². The van der Waals surface area contributed by atoms with E-state index in [9.17, 15) is 17.1 Å². The molecule has 1 heterocycles. The van der Waals surface area contributed by atoms with Crippen LogP contribution in [0.4, 0.5) is 9.57 Å². The molecule has 1 aromatic rings. The molecule has 0 saturated carbocycles. The fourth-order valence-corrected chi connectivity index (χ4v) is 3.72. The lowest BCUT2D eigenvalue weighted by atomic mass is 10.1. The van der Waals surface area contributed by atoms with Crippen LogP contribution in [0.1, 0.15) is 12.0 Å². The van der Waals surface area contributed by atoms with E-state index in [2.05, 4.69) is 15.9 Å². The second-order valence-electron chi connectivity index (χ2n) is 4.79. The lowest BCUT2D eigenvalue weighted by molar-refractivity contribution is -0.117. The van der Waals surface area contributed by atoms with Crippen LogP contribution in [0.25, 0.3) is 0 Å². The number of carbonyl (C=O) groups is 1. The number of anilines is 1. The van der Waals surface area contributed by atoms with Gasteiger partial charge >= 0.3 is 10.2 Å². The first-order valence-electron chi connectivity index (χ1n) is 5.86. The molecule has 1 saturated heterocycles. The number of nitrogens with zero attached hydrogens (tertiary/aromatic N) is 1. The molecular weight excluding hydrogens is 373 g/mol. The first-order valence-corrected chi connectivity index (χ1v) is 8.58. The number of benzene rings is 1. The maximum atomic E-state index is 12.7. The Morgan fingerprint density at radius 2 is 2.15 bits per heavy atom. The highest BCUT2D eigenvalue weighted by Gasteiger charge is 2.34. The molecule has 110 valence electrons. The van der Waals surface area contributed by atoms with Crippen molar-refractivity contribution in [1.29, 1.82) is 0 Å². The number of rotatable bonds is 3. The minimum Gasteiger partial charge on any atom is -0.312 e. The summed E-state index contributed by atoms with van der Waals surface area (Å²) in [5.74, 6) is -1.38. The Balaban J connectivity index is 2.27. The molecule has 2 rings (SSSR count). The molecule has 1 unspecified atom stereocenters. The van der Waals surface area contributed by atoms with E-state index in [4.69, 9.17) is 11.6 Å². The molecule has 20 heavy (non-hydrogen) atoms. The molecule has 1 aliphatic rings. The summed E-state index contributed by atoms with van der Waals surface area (Å²) in [6.45, 7) is 1.95. The van der Waals surface area contributed by atoms with Crippen molar-refractivity contribution in [3.63, 3.8) is 0 Å². The second kappa shape index (κ2) is 5.61. The van der Waals surface area contributed by atoms with Gasteiger partial charge in [0.25, 0.3) is 0 Å². The highest BCUT2D eigenvalue weighted by Crippen LogP contribution is 2.35. The molecule has 0 bridgehead atoms. The van der Waals surface area contributed by atoms with Gasteiger partial charge in [-0.15, -0.1) is 3.89 Å². The van der Waals surface area contributed by atoms with Gasteiger partial charge in [-0.3, -0.25) is 4.79 Å². The molecule has 1 atom stereocenters. The first kappa shape index (κ1) is 15.7. The van der Waals surface area contributed by atoms with Crippen LogP contribution >= 0.6 is 27.5 Å². The molecule has 1 amide bonds. The Bertz CT molecular complexity index is 665. The van der Waals surface area contributed by atoms with Crippen LogP contribution in [0.2, 0.25) is 5.02 Å². The van der Waals surface area contributed by atoms with Gasteiger partial charge in [0, 0.05) is 29.0 Å². The van der Waals surface area contributed by atoms with Crippen molar-refractivity contribution in [2.24, 2.45) is 5.92 Å². The zero-order valence-corrected chi connectivity index (χ0v) is 13.7. The van der Waals surface area contributed by atoms with E-state index in [1.54, 1.807) is 19.1 Å². The summed E-state index contributed by atoms with van der Waals surface area (Å²) in [7, 11) is -4.57. The van der Waals surface area contributed by atoms with Gasteiger partial charge in [-0.05, 0) is 40.5 Å². The van der Waals surface area contributed by atoms with E-state index < -0.39 is 21.9 Å². The Morgan fingerprint density at radius 3 is 2.75 bits per heavy atom. The lowest BCUT2D eigenvalue weighted by Gasteiger charge is -2.20. The van der Waals surface area contributed by atoms with Crippen LogP contribution in [0.3, 0.4) is 0 Å². The maximum absolute atomic E-state index is 12.7. The molecule has 8 heteroatoms. The number of hydrogen-bond donors (Lipinski definition) is 0. The van der Waals surface area contributed by atoms with Gasteiger partial charge in [-0.1, -0.05) is 11.6 Å². The molecule has 1 aromatic carbocycles. The normalized spacial score (nSPS) is 19.7. The van der Waals surface area contributed by atoms with E-state index in [-0.39, 0.29) is 18.9 Å². The Hall–Kier alpha value is -0.660. The second-order valence-corrected chi connectivity index (χ2v) is 7.43. The number of hydrogen-bond acceptors (Lipinski definition) is 3. The van der Waals surface area contributed by atoms with E-state index >= 15 is 0 Å². The van der Waals surface area contributed by atoms with Crippen LogP contribution in [0.5, 0.6) is 0 Å². The lowest BCUT2D eigenvalue weighted by Crippen LogP contribution is -2.26. The largest absolute Gasteiger partial charge is 0.312 e. The molecule has 0 spiro atoms. The van der Waals surface area contributed by atoms with Gasteiger partial charge in [-0.25, -0.2) is 0 Å². The van der Waals surface area contributed by atoms with Crippen molar-refractivity contribution in [1.82, 2.24) is 0 Å². The van der Waals surface area contributed by atoms with Crippen molar-refractivity contribution < 1.29 is 17.1 Å². The van der Waals surface area contributed by atoms with Gasteiger partial charge in [0.05, 0.1) is 10.8 Å². The minimum atomic E-state index is -4.57. The summed E-state index contributed by atoms with van der Waals surface area (Å²) in [4.78, 5) is 13.4. The van der Waals surface area contributed by atoms with Crippen molar-refractivity contribution in [3.8, 4) is 0 Å². The molecule has 0 aromatic heterocycles. The van der Waals surface area contributed by atoms with Crippen LogP contribution in [-0.2, 0) is 15.0 Å². The quantitative estimate of drug-likeness (QED) is 0.753. The molecule has 1 fully saturated rings. The third kappa shape index (κ3) is 3.32. The molecule has 1 aliphatic heterocycles. The van der Waals surface area contributed by atoms with E-state index in [1.807, 2.05) is 0 Å². The summed E-state index contributed by atoms with van der Waals surface area (Å²) < 4.78 is 34.8. The third-order valence-electron chi connectivity index (χ3n) is 3.24. The van der Waals surface area contributed by atoms with Crippen molar-refractivity contribution in [2.75, 3.05) is 17.2 Å². The van der Waals surface area contributed by atoms with Gasteiger partial charge in [-0.2, -0.15) is 8.42 Å². The standard InChI is InChI=1S/C12H12BrClFNO3S/c1-7-10(3-2-9(13)12(7)14)16-5-8(4-11(16)17)6-20(15,18)19/h2-3,8H,4-6H2,1H3. The monoisotopic (exact) mass is 383 g/mol. The fourth-order valence-electron chi connectivity index (χ4n) is 2.34. The van der Waals surface area contributed by atoms with Crippen LogP contribution < -0.4 is 4.90 Å². The topological polar surface area (TPSA) is 54.5 Å². The van der Waals surface area contributed by atoms with E-state index in [0.717, 1.165) is 10.0 Å². The van der Waals surface area contributed by atoms with Crippen molar-refractivity contribution in [3.05, 3.63) is 27.2 Å². The summed E-state index contributed by atoms with van der Waals surface area (Å²) in [5, 5.41) is 0.497. The average Bonchev–Trinajstić information content (AvgIpc) is 2.65. The summed E-state index contributed by atoms with van der Waals surface area (Å²) in [6, 6.07) is 3.45. The zero-order chi connectivity index (χ0) is 15.1. The number of halogens is 3. The smallest absolute Gasteiger partial charge is 0.302 e. The maximum Gasteiger partial charge on any atom is 0.302 e. The molecule has 0 N–H and O–H groups in total. The van der Waals surface area contributed by atoms with Crippen LogP contribution in [0, 0.1) is 12.8 Å². The molecular formula is C12H12BrClFNO3S. The number of carbonyl (C=O) groups excluding carboxylic acids is 1. The van der Waals surface area contributed by atoms with E-state index in [0.29, 0.717) is 10.7 Å². The molecule has 0 radical (unpaired) electrons. The minimum absolute atomic E-state index is 0.0241. The van der Waals surface area contributed by atoms with Gasteiger partial charge in [0.15, 0.2) is 0 Å². The SMILES string of the molecule is Cc1c(N2CC(CS(=O)(=O)F)CC2=O)ccc(Br)c1Cl. The van der Waals surface area contributed by atoms with Crippen molar-refractivity contribution in [2.45, 2.75) is 13.3 Å². The Labute approximate surface area is 130 Å². The molecule has 4 nitrogen and oxygen atoms in total. The van der Waals surface area contributed by atoms with Gasteiger partial charge in [0.1, 0.15) is 0 Å². The summed E-state index contributed by atoms with van der Waals surface area (Å²) in [6.07, 6.45) is 0.0241. The predicted molar refractivity (Wildman–Crippen MR) is 79.2 cm³/mol. The van der Waals surface area contributed by atoms with Crippen molar-refractivity contribution >= 4 is 49.3 Å². The fraction of sp³-hybridized carbons (Fsp3) is 0.417. The predicted octanol–water partition coefficient (Wildman–Crippen LogP) is 3.06. The van der Waals surface area contributed by atoms with Gasteiger partial charge < -0.3 is 4.90 Å². The third-order valence-corrected chi connectivity index (χ3v) is 5.49. The Kier molecular flexibility index (Phi) is 4.41. The van der Waals surface area contributed by atoms with Crippen LogP contribution in [0.15, 0.2) is 16.6 Å². The zero-order valence-electron chi connectivity index (χ0n) is 10.6. The summed E-state index contributed by atoms with van der Waals surface area (Å²) >= 11 is 9.40. The first-order chi connectivity index (χ1) is 9.19. The van der Waals surface area contributed by atoms with Gasteiger partial charge in [0.2, 0.25) is 5.91 Å². The Morgan fingerprint density at radius 1 is 1.50 bits per heavy atom.